The molecule has 0 heterocycles. The topological polar surface area (TPSA) is 81.7 Å². The quantitative estimate of drug-likeness (QED) is 0.432. The van der Waals surface area contributed by atoms with Crippen LogP contribution in [-0.2, 0) is 32.0 Å². The highest BCUT2D eigenvalue weighted by molar-refractivity contribution is 9.10. The number of carbonyl (C=O) groups is 1. The van der Waals surface area contributed by atoms with Crippen molar-refractivity contribution in [1.82, 2.24) is 5.32 Å². The first-order valence-corrected chi connectivity index (χ1v) is 13.4. The number of nitrogens with one attached hydrogen (secondary N) is 1. The molecule has 0 unspecified atom stereocenters. The summed E-state index contributed by atoms with van der Waals surface area (Å²) in [4.78, 5) is 11.6. The zero-order chi connectivity index (χ0) is 26.0. The van der Waals surface area contributed by atoms with E-state index in [2.05, 4.69) is 21.2 Å². The van der Waals surface area contributed by atoms with E-state index < -0.39 is 43.9 Å². The number of hydrogen-bond donors (Lipinski definition) is 1. The molecule has 0 aliphatic heterocycles. The molecule has 0 saturated carbocycles. The van der Waals surface area contributed by atoms with Crippen LogP contribution < -0.4 is 10.1 Å². The minimum absolute atomic E-state index is 0.0284. The number of sulfone groups is 1. The van der Waals surface area contributed by atoms with Crippen LogP contribution in [0, 0.1) is 0 Å². The van der Waals surface area contributed by atoms with Crippen molar-refractivity contribution >= 4 is 31.7 Å². The summed E-state index contributed by atoms with van der Waals surface area (Å²) >= 11 is 2.96. The Bertz CT molecular complexity index is 1190. The first kappa shape index (κ1) is 27.5. The Hall–Kier alpha value is -2.11. The summed E-state index contributed by atoms with van der Waals surface area (Å²) in [6, 6.07) is 7.63. The summed E-state index contributed by atoms with van der Waals surface area (Å²) in [6.45, 7) is 5.03. The molecule has 35 heavy (non-hydrogen) atoms. The number of alkyl halides is 3. The molecule has 1 aliphatic carbocycles. The van der Waals surface area contributed by atoms with Gasteiger partial charge in [-0.15, -0.1) is 0 Å². The fraction of sp³-hybridized carbons (Fsp3) is 0.458. The Balaban J connectivity index is 1.75. The summed E-state index contributed by atoms with van der Waals surface area (Å²) in [5, 5.41) is 2.99. The van der Waals surface area contributed by atoms with Crippen LogP contribution in [0.1, 0.15) is 56.3 Å². The van der Waals surface area contributed by atoms with E-state index in [-0.39, 0.29) is 17.1 Å². The van der Waals surface area contributed by atoms with Crippen molar-refractivity contribution in [2.24, 2.45) is 0 Å². The van der Waals surface area contributed by atoms with Gasteiger partial charge in [-0.2, -0.15) is 13.2 Å². The fourth-order valence-corrected chi connectivity index (χ4v) is 5.71. The monoisotopic (exact) mass is 577 g/mol. The number of fused-ring (bicyclic) bond motifs is 1. The van der Waals surface area contributed by atoms with E-state index in [1.807, 2.05) is 6.07 Å². The maximum atomic E-state index is 13.1. The van der Waals surface area contributed by atoms with Crippen LogP contribution in [0.2, 0.25) is 0 Å². The molecule has 11 heteroatoms. The second-order valence-electron chi connectivity index (χ2n) is 9.28. The number of esters is 1. The predicted octanol–water partition coefficient (Wildman–Crippen LogP) is 5.59. The Labute approximate surface area is 211 Å². The van der Waals surface area contributed by atoms with Gasteiger partial charge in [0.2, 0.25) is 0 Å². The maximum Gasteiger partial charge on any atom is 0.416 e. The van der Waals surface area contributed by atoms with Gasteiger partial charge in [-0.25, -0.2) is 13.2 Å². The van der Waals surface area contributed by atoms with Gasteiger partial charge in [-0.05, 0) is 75.4 Å². The number of rotatable bonds is 7. The van der Waals surface area contributed by atoms with Crippen LogP contribution in [-0.4, -0.2) is 32.5 Å². The summed E-state index contributed by atoms with van der Waals surface area (Å²) in [6.07, 6.45) is -2.60. The van der Waals surface area contributed by atoms with Gasteiger partial charge in [0.05, 0.1) is 10.5 Å². The molecule has 0 fully saturated rings. The third-order valence-electron chi connectivity index (χ3n) is 5.31. The first-order chi connectivity index (χ1) is 16.2. The lowest BCUT2D eigenvalue weighted by atomic mass is 9.87. The van der Waals surface area contributed by atoms with Crippen molar-refractivity contribution in [2.45, 2.75) is 62.7 Å². The molecular weight excluding hydrogens is 551 g/mol. The molecule has 3 rings (SSSR count). The highest BCUT2D eigenvalue weighted by Gasteiger charge is 2.33. The van der Waals surface area contributed by atoms with Gasteiger partial charge in [0, 0.05) is 10.5 Å². The smallest absolute Gasteiger partial charge is 0.416 e. The van der Waals surface area contributed by atoms with Gasteiger partial charge in [-0.3, -0.25) is 5.32 Å². The lowest BCUT2D eigenvalue weighted by molar-refractivity contribution is -0.157. The molecule has 0 aromatic heterocycles. The Morgan fingerprint density at radius 3 is 2.54 bits per heavy atom. The highest BCUT2D eigenvalue weighted by Crippen LogP contribution is 2.36. The van der Waals surface area contributed by atoms with Crippen molar-refractivity contribution in [3.05, 3.63) is 57.6 Å². The molecule has 1 aliphatic rings. The van der Waals surface area contributed by atoms with Crippen LogP contribution in [0.25, 0.3) is 0 Å². The van der Waals surface area contributed by atoms with Gasteiger partial charge in [0.1, 0.15) is 17.2 Å². The maximum absolute atomic E-state index is 13.1. The van der Waals surface area contributed by atoms with Crippen LogP contribution >= 0.6 is 15.9 Å². The number of benzene rings is 2. The molecule has 0 saturated heterocycles. The summed E-state index contributed by atoms with van der Waals surface area (Å²) in [7, 11) is -4.05. The first-order valence-electron chi connectivity index (χ1n) is 11.0. The number of carbonyl (C=O) groups excluding carboxylic acids is 1. The molecule has 0 radical (unpaired) electrons. The zero-order valence-electron chi connectivity index (χ0n) is 19.5. The summed E-state index contributed by atoms with van der Waals surface area (Å²) in [5.74, 6) is -0.517. The summed E-state index contributed by atoms with van der Waals surface area (Å²) in [5.41, 5.74) is 0.0179. The second kappa shape index (κ2) is 10.5. The SMILES string of the molecule is CC(C)(C)OC(=O)COc1cccc2c1CCC[C@H]2NCS(=O)(=O)c1cc(Br)cc(C(F)(F)F)c1. The van der Waals surface area contributed by atoms with Crippen molar-refractivity contribution in [1.29, 1.82) is 0 Å². The molecule has 2 aromatic rings. The fourth-order valence-electron chi connectivity index (χ4n) is 3.87. The predicted molar refractivity (Wildman–Crippen MR) is 128 cm³/mol. The average molecular weight is 578 g/mol. The van der Waals surface area contributed by atoms with E-state index in [1.165, 1.54) is 0 Å². The minimum Gasteiger partial charge on any atom is -0.482 e. The molecule has 192 valence electrons. The highest BCUT2D eigenvalue weighted by atomic mass is 79.9. The van der Waals surface area contributed by atoms with E-state index in [4.69, 9.17) is 9.47 Å². The molecule has 0 bridgehead atoms. The van der Waals surface area contributed by atoms with E-state index in [1.54, 1.807) is 32.9 Å². The van der Waals surface area contributed by atoms with Gasteiger partial charge in [-0.1, -0.05) is 28.1 Å². The molecule has 6 nitrogen and oxygen atoms in total. The van der Waals surface area contributed by atoms with Gasteiger partial charge in [0.15, 0.2) is 16.4 Å². The average Bonchev–Trinajstić information content (AvgIpc) is 2.74. The molecule has 2 aromatic carbocycles. The second-order valence-corrected chi connectivity index (χ2v) is 12.2. The van der Waals surface area contributed by atoms with Gasteiger partial charge >= 0.3 is 12.1 Å². The zero-order valence-corrected chi connectivity index (χ0v) is 21.9. The van der Waals surface area contributed by atoms with Crippen LogP contribution in [0.5, 0.6) is 5.75 Å². The van der Waals surface area contributed by atoms with Crippen molar-refractivity contribution in [3.63, 3.8) is 0 Å². The molecule has 1 atom stereocenters. The standard InChI is InChI=1S/C24H27BrF3NO5S/c1-23(2,3)34-22(30)13-33-21-9-5-6-18-19(21)7-4-8-20(18)29-14-35(31,32)17-11-15(24(26,27)28)10-16(25)12-17/h5-6,9-12,20,29H,4,7-8,13-14H2,1-3H3/t20-/m1/s1. The van der Waals surface area contributed by atoms with Crippen molar-refractivity contribution < 1.29 is 35.9 Å². The van der Waals surface area contributed by atoms with E-state index in [0.29, 0.717) is 24.7 Å². The Morgan fingerprint density at radius 2 is 1.89 bits per heavy atom. The number of halogens is 4. The largest absolute Gasteiger partial charge is 0.482 e. The molecular formula is C24H27BrF3NO5S. The van der Waals surface area contributed by atoms with Crippen molar-refractivity contribution in [2.75, 3.05) is 12.5 Å². The number of hydrogen-bond acceptors (Lipinski definition) is 6. The Morgan fingerprint density at radius 1 is 1.17 bits per heavy atom. The van der Waals surface area contributed by atoms with E-state index in [0.717, 1.165) is 29.7 Å². The number of ether oxygens (including phenoxy) is 2. The molecule has 0 spiro atoms. The van der Waals surface area contributed by atoms with E-state index in [9.17, 15) is 26.4 Å². The molecule has 0 amide bonds. The Kier molecular flexibility index (Phi) is 8.23. The van der Waals surface area contributed by atoms with Crippen LogP contribution in [0.4, 0.5) is 13.2 Å². The summed E-state index contributed by atoms with van der Waals surface area (Å²) < 4.78 is 76.1. The lowest BCUT2D eigenvalue weighted by Crippen LogP contribution is -2.31. The van der Waals surface area contributed by atoms with Gasteiger partial charge < -0.3 is 9.47 Å². The van der Waals surface area contributed by atoms with Crippen LogP contribution in [0.3, 0.4) is 0 Å². The minimum atomic E-state index is -4.67. The lowest BCUT2D eigenvalue weighted by Gasteiger charge is -2.28. The normalized spacial score (nSPS) is 16.5. The van der Waals surface area contributed by atoms with Gasteiger partial charge in [0.25, 0.3) is 0 Å². The third-order valence-corrected chi connectivity index (χ3v) is 7.27. The van der Waals surface area contributed by atoms with Crippen molar-refractivity contribution in [3.8, 4) is 5.75 Å². The molecule has 1 N–H and O–H groups in total. The van der Waals surface area contributed by atoms with Crippen LogP contribution in [0.15, 0.2) is 45.8 Å². The third kappa shape index (κ3) is 7.44. The van der Waals surface area contributed by atoms with E-state index >= 15 is 0 Å².